The highest BCUT2D eigenvalue weighted by Crippen LogP contribution is 2.51. The van der Waals surface area contributed by atoms with E-state index in [0.29, 0.717) is 11.5 Å². The average Bonchev–Trinajstić information content (AvgIpc) is 3.30. The van der Waals surface area contributed by atoms with Crippen LogP contribution >= 0.6 is 0 Å². The molecule has 1 aliphatic carbocycles. The van der Waals surface area contributed by atoms with E-state index in [1.54, 1.807) is 12.4 Å². The average molecular weight is 326 g/mol. The van der Waals surface area contributed by atoms with Gasteiger partial charge in [0.25, 0.3) is 0 Å². The molecule has 1 saturated carbocycles. The van der Waals surface area contributed by atoms with E-state index in [-0.39, 0.29) is 0 Å². The highest BCUT2D eigenvalue weighted by atomic mass is 16.5. The van der Waals surface area contributed by atoms with E-state index < -0.39 is 0 Å². The molecule has 5 nitrogen and oxygen atoms in total. The SMILES string of the molecule is Cc1nn(C)c(Oc2cccnc2)c1CN1CC(C)(C)C1C1CC1. The molecular formula is C19H26N4O. The predicted octanol–water partition coefficient (Wildman–Crippen LogP) is 3.54. The highest BCUT2D eigenvalue weighted by Gasteiger charge is 2.52. The molecule has 2 aliphatic rings. The molecule has 0 N–H and O–H groups in total. The van der Waals surface area contributed by atoms with E-state index in [2.05, 4.69) is 35.8 Å². The molecule has 1 saturated heterocycles. The summed E-state index contributed by atoms with van der Waals surface area (Å²) in [6, 6.07) is 4.52. The van der Waals surface area contributed by atoms with Gasteiger partial charge in [0, 0.05) is 32.4 Å². The second-order valence-electron chi connectivity index (χ2n) is 7.96. The minimum Gasteiger partial charge on any atom is -0.437 e. The van der Waals surface area contributed by atoms with Gasteiger partial charge in [0.05, 0.1) is 17.5 Å². The van der Waals surface area contributed by atoms with Crippen molar-refractivity contribution in [2.45, 2.75) is 46.2 Å². The van der Waals surface area contributed by atoms with Crippen molar-refractivity contribution in [1.82, 2.24) is 19.7 Å². The van der Waals surface area contributed by atoms with Gasteiger partial charge in [-0.1, -0.05) is 13.8 Å². The number of ether oxygens (including phenoxy) is 1. The van der Waals surface area contributed by atoms with E-state index in [9.17, 15) is 0 Å². The summed E-state index contributed by atoms with van der Waals surface area (Å²) in [5.74, 6) is 2.47. The minimum atomic E-state index is 0.432. The summed E-state index contributed by atoms with van der Waals surface area (Å²) >= 11 is 0. The molecule has 1 unspecified atom stereocenters. The fourth-order valence-electron chi connectivity index (χ4n) is 4.31. The molecule has 0 spiro atoms. The zero-order valence-electron chi connectivity index (χ0n) is 15.0. The number of rotatable bonds is 5. The highest BCUT2D eigenvalue weighted by molar-refractivity contribution is 5.35. The van der Waals surface area contributed by atoms with Crippen LogP contribution in [0, 0.1) is 18.3 Å². The van der Waals surface area contributed by atoms with Gasteiger partial charge in [0.15, 0.2) is 0 Å². The van der Waals surface area contributed by atoms with Crippen molar-refractivity contribution in [3.8, 4) is 11.6 Å². The first-order valence-electron chi connectivity index (χ1n) is 8.80. The van der Waals surface area contributed by atoms with Crippen LogP contribution in [0.3, 0.4) is 0 Å². The molecule has 2 aromatic heterocycles. The maximum atomic E-state index is 6.11. The van der Waals surface area contributed by atoms with E-state index in [4.69, 9.17) is 4.74 Å². The third kappa shape index (κ3) is 2.71. The first-order valence-corrected chi connectivity index (χ1v) is 8.80. The van der Waals surface area contributed by atoms with Crippen LogP contribution in [0.4, 0.5) is 0 Å². The molecule has 5 heteroatoms. The lowest BCUT2D eigenvalue weighted by molar-refractivity contribution is -0.0687. The van der Waals surface area contributed by atoms with Gasteiger partial charge in [-0.15, -0.1) is 0 Å². The molecule has 0 radical (unpaired) electrons. The maximum absolute atomic E-state index is 6.11. The molecule has 1 aliphatic heterocycles. The van der Waals surface area contributed by atoms with Gasteiger partial charge in [-0.25, -0.2) is 4.68 Å². The van der Waals surface area contributed by atoms with Gasteiger partial charge in [0.1, 0.15) is 5.75 Å². The molecule has 4 rings (SSSR count). The standard InChI is InChI=1S/C19H26N4O/c1-13-16(11-23-12-19(2,3)17(23)14-7-8-14)18(22(4)21-13)24-15-6-5-9-20-10-15/h5-6,9-10,14,17H,7-8,11-12H2,1-4H3. The Bertz CT molecular complexity index is 733. The summed E-state index contributed by atoms with van der Waals surface area (Å²) in [7, 11) is 1.95. The Kier molecular flexibility index (Phi) is 3.64. The Balaban J connectivity index is 1.57. The number of hydrogen-bond donors (Lipinski definition) is 0. The largest absolute Gasteiger partial charge is 0.437 e. The van der Waals surface area contributed by atoms with Crippen molar-refractivity contribution in [3.05, 3.63) is 35.8 Å². The number of likely N-dealkylation sites (tertiary alicyclic amines) is 1. The number of pyridine rings is 1. The Labute approximate surface area is 143 Å². The molecule has 1 atom stereocenters. The quantitative estimate of drug-likeness (QED) is 0.843. The van der Waals surface area contributed by atoms with Gasteiger partial charge < -0.3 is 4.74 Å². The molecule has 3 heterocycles. The number of aromatic nitrogens is 3. The topological polar surface area (TPSA) is 43.2 Å². The van der Waals surface area contributed by atoms with Crippen molar-refractivity contribution >= 4 is 0 Å². The first-order chi connectivity index (χ1) is 11.5. The van der Waals surface area contributed by atoms with E-state index in [0.717, 1.165) is 36.3 Å². The molecule has 24 heavy (non-hydrogen) atoms. The van der Waals surface area contributed by atoms with E-state index >= 15 is 0 Å². The van der Waals surface area contributed by atoms with Gasteiger partial charge in [0.2, 0.25) is 5.88 Å². The fraction of sp³-hybridized carbons (Fsp3) is 0.579. The first kappa shape index (κ1) is 15.6. The Morgan fingerprint density at radius 2 is 2.12 bits per heavy atom. The number of hydrogen-bond acceptors (Lipinski definition) is 4. The van der Waals surface area contributed by atoms with Crippen molar-refractivity contribution in [1.29, 1.82) is 0 Å². The Hall–Kier alpha value is -1.88. The zero-order valence-corrected chi connectivity index (χ0v) is 15.0. The molecule has 2 aromatic rings. The van der Waals surface area contributed by atoms with Gasteiger partial charge in [-0.2, -0.15) is 5.10 Å². The number of aryl methyl sites for hydroxylation is 2. The lowest BCUT2D eigenvalue weighted by Crippen LogP contribution is -2.62. The van der Waals surface area contributed by atoms with E-state index in [1.807, 2.05) is 23.9 Å². The summed E-state index contributed by atoms with van der Waals surface area (Å²) in [5.41, 5.74) is 2.68. The van der Waals surface area contributed by atoms with E-state index in [1.165, 1.54) is 18.4 Å². The van der Waals surface area contributed by atoms with Gasteiger partial charge >= 0.3 is 0 Å². The molecule has 0 aromatic carbocycles. The number of nitrogens with zero attached hydrogens (tertiary/aromatic N) is 4. The van der Waals surface area contributed by atoms with Crippen molar-refractivity contribution < 1.29 is 4.74 Å². The monoisotopic (exact) mass is 326 g/mol. The predicted molar refractivity (Wildman–Crippen MR) is 93.0 cm³/mol. The normalized spacial score (nSPS) is 23.1. The van der Waals surface area contributed by atoms with Crippen molar-refractivity contribution in [2.24, 2.45) is 18.4 Å². The summed E-state index contributed by atoms with van der Waals surface area (Å²) < 4.78 is 7.95. The van der Waals surface area contributed by atoms with Crippen LogP contribution < -0.4 is 4.74 Å². The summed E-state index contributed by atoms with van der Waals surface area (Å²) in [5, 5.41) is 4.59. The zero-order chi connectivity index (χ0) is 16.9. The molecule has 0 amide bonds. The van der Waals surface area contributed by atoms with Crippen LogP contribution in [0.15, 0.2) is 24.5 Å². The molecule has 0 bridgehead atoms. The van der Waals surface area contributed by atoms with Gasteiger partial charge in [-0.05, 0) is 43.2 Å². The molecular weight excluding hydrogens is 300 g/mol. The third-order valence-corrected chi connectivity index (χ3v) is 5.37. The maximum Gasteiger partial charge on any atom is 0.222 e. The lowest BCUT2D eigenvalue weighted by Gasteiger charge is -2.55. The Morgan fingerprint density at radius 1 is 1.33 bits per heavy atom. The lowest BCUT2D eigenvalue weighted by atomic mass is 9.72. The third-order valence-electron chi connectivity index (χ3n) is 5.37. The second-order valence-corrected chi connectivity index (χ2v) is 7.96. The summed E-state index contributed by atoms with van der Waals surface area (Å²) in [6.45, 7) is 8.93. The van der Waals surface area contributed by atoms with Gasteiger partial charge in [-0.3, -0.25) is 9.88 Å². The molecule has 128 valence electrons. The van der Waals surface area contributed by atoms with Crippen LogP contribution in [-0.2, 0) is 13.6 Å². The molecule has 2 fully saturated rings. The fourth-order valence-corrected chi connectivity index (χ4v) is 4.31. The summed E-state index contributed by atoms with van der Waals surface area (Å²) in [4.78, 5) is 6.74. The minimum absolute atomic E-state index is 0.432. The summed E-state index contributed by atoms with van der Waals surface area (Å²) in [6.07, 6.45) is 6.27. The van der Waals surface area contributed by atoms with Crippen LogP contribution in [0.25, 0.3) is 0 Å². The van der Waals surface area contributed by atoms with Crippen LogP contribution in [0.1, 0.15) is 37.9 Å². The van der Waals surface area contributed by atoms with Crippen LogP contribution in [0.2, 0.25) is 0 Å². The second kappa shape index (κ2) is 5.59. The smallest absolute Gasteiger partial charge is 0.222 e. The van der Waals surface area contributed by atoms with Crippen LogP contribution in [-0.4, -0.2) is 32.3 Å². The Morgan fingerprint density at radius 3 is 2.75 bits per heavy atom. The van der Waals surface area contributed by atoms with Crippen molar-refractivity contribution in [2.75, 3.05) is 6.54 Å². The van der Waals surface area contributed by atoms with Crippen LogP contribution in [0.5, 0.6) is 11.6 Å². The van der Waals surface area contributed by atoms with Crippen molar-refractivity contribution in [3.63, 3.8) is 0 Å².